The fourth-order valence-corrected chi connectivity index (χ4v) is 5.69. The highest BCUT2D eigenvalue weighted by Crippen LogP contribution is 2.36. The van der Waals surface area contributed by atoms with Crippen LogP contribution in [0.3, 0.4) is 0 Å². The summed E-state index contributed by atoms with van der Waals surface area (Å²) < 4.78 is 33.7. The number of amides is 1. The monoisotopic (exact) mass is 650 g/mol. The van der Waals surface area contributed by atoms with Gasteiger partial charge in [-0.2, -0.15) is 0 Å². The first-order valence-electron chi connectivity index (χ1n) is 15.4. The van der Waals surface area contributed by atoms with Gasteiger partial charge in [0, 0.05) is 73.1 Å². The minimum Gasteiger partial charge on any atom is -0.493 e. The number of ether oxygens (including phenoxy) is 3. The number of nitrogens with zero attached hydrogens (tertiary/aromatic N) is 4. The van der Waals surface area contributed by atoms with E-state index in [4.69, 9.17) is 19.9 Å². The summed E-state index contributed by atoms with van der Waals surface area (Å²) in [6.07, 6.45) is 9.78. The van der Waals surface area contributed by atoms with Crippen molar-refractivity contribution in [2.45, 2.75) is 26.3 Å². The van der Waals surface area contributed by atoms with Crippen molar-refractivity contribution >= 4 is 17.4 Å². The van der Waals surface area contributed by atoms with Crippen molar-refractivity contribution in [2.75, 3.05) is 38.5 Å². The molecular formula is C36H35FN6O5. The van der Waals surface area contributed by atoms with Gasteiger partial charge in [-0.25, -0.2) is 19.3 Å². The van der Waals surface area contributed by atoms with E-state index < -0.39 is 17.2 Å². The molecular weight excluding hydrogens is 615 g/mol. The van der Waals surface area contributed by atoms with Gasteiger partial charge in [-0.3, -0.25) is 9.59 Å². The van der Waals surface area contributed by atoms with Gasteiger partial charge in [0.1, 0.15) is 17.2 Å². The average Bonchev–Trinajstić information content (AvgIpc) is 3.10. The van der Waals surface area contributed by atoms with Crippen LogP contribution in [0.5, 0.6) is 11.5 Å². The summed E-state index contributed by atoms with van der Waals surface area (Å²) in [4.78, 5) is 40.1. The second kappa shape index (κ2) is 14.0. The third-order valence-corrected chi connectivity index (χ3v) is 8.31. The number of hydrogen-bond acceptors (Lipinski definition) is 9. The molecule has 0 radical (unpaired) electrons. The first kappa shape index (κ1) is 32.3. The number of anilines is 2. The molecule has 1 amide bonds. The zero-order valence-corrected chi connectivity index (χ0v) is 26.8. The molecule has 1 fully saturated rings. The van der Waals surface area contributed by atoms with Crippen LogP contribution in [0, 0.1) is 18.7 Å². The van der Waals surface area contributed by atoms with Gasteiger partial charge >= 0.3 is 0 Å². The number of carbonyl (C=O) groups excluding carboxylic acids is 1. The first-order valence-corrected chi connectivity index (χ1v) is 15.4. The summed E-state index contributed by atoms with van der Waals surface area (Å²) in [5.74, 6) is 0.461. The van der Waals surface area contributed by atoms with Crippen molar-refractivity contribution in [1.82, 2.24) is 19.5 Å². The maximum atomic E-state index is 15.7. The molecule has 0 spiro atoms. The molecule has 3 aromatic heterocycles. The van der Waals surface area contributed by atoms with E-state index in [9.17, 15) is 9.59 Å². The predicted molar refractivity (Wildman–Crippen MR) is 181 cm³/mol. The zero-order chi connectivity index (χ0) is 33.8. The number of methoxy groups -OCH3 is 2. The number of rotatable bonds is 9. The molecule has 6 rings (SSSR count). The van der Waals surface area contributed by atoms with Crippen molar-refractivity contribution < 1.29 is 23.4 Å². The number of nitrogens with two attached hydrogens (primary N) is 1. The number of hydrogen-bond donors (Lipinski definition) is 2. The molecule has 3 N–H and O–H groups in total. The molecule has 0 saturated carbocycles. The van der Waals surface area contributed by atoms with Gasteiger partial charge in [0.15, 0.2) is 17.3 Å². The minimum atomic E-state index is -0.682. The van der Waals surface area contributed by atoms with Crippen molar-refractivity contribution in [2.24, 2.45) is 5.92 Å². The molecule has 2 aromatic carbocycles. The molecule has 0 bridgehead atoms. The van der Waals surface area contributed by atoms with E-state index in [2.05, 4.69) is 20.3 Å². The highest BCUT2D eigenvalue weighted by Gasteiger charge is 2.21. The van der Waals surface area contributed by atoms with Crippen LogP contribution in [-0.4, -0.2) is 52.9 Å². The minimum absolute atomic E-state index is 0.107. The lowest BCUT2D eigenvalue weighted by atomic mass is 10.00. The molecule has 12 heteroatoms. The molecule has 5 aromatic rings. The number of carbonyl (C=O) groups is 1. The Morgan fingerprint density at radius 3 is 2.40 bits per heavy atom. The smallest absolute Gasteiger partial charge is 0.261 e. The largest absolute Gasteiger partial charge is 0.493 e. The van der Waals surface area contributed by atoms with Crippen LogP contribution < -0.4 is 26.0 Å². The highest BCUT2D eigenvalue weighted by molar-refractivity contribution is 6.04. The summed E-state index contributed by atoms with van der Waals surface area (Å²) in [5.41, 5.74) is 8.78. The average molecular weight is 651 g/mol. The fourth-order valence-electron chi connectivity index (χ4n) is 5.69. The first-order chi connectivity index (χ1) is 23.2. The lowest BCUT2D eigenvalue weighted by Crippen LogP contribution is -2.27. The van der Waals surface area contributed by atoms with Crippen LogP contribution in [0.4, 0.5) is 15.9 Å². The number of nitrogens with one attached hydrogen (secondary N) is 1. The summed E-state index contributed by atoms with van der Waals surface area (Å²) in [7, 11) is 3.10. The number of aryl methyl sites for hydroxylation is 1. The Morgan fingerprint density at radius 1 is 0.938 bits per heavy atom. The fraction of sp³-hybridized carbons (Fsp3) is 0.250. The van der Waals surface area contributed by atoms with Crippen LogP contribution in [0.25, 0.3) is 33.6 Å². The number of nitrogen functional groups attached to an aromatic ring is 1. The normalized spacial score (nSPS) is 13.2. The predicted octanol–water partition coefficient (Wildman–Crippen LogP) is 5.76. The Hall–Kier alpha value is -5.62. The molecule has 0 atom stereocenters. The van der Waals surface area contributed by atoms with Gasteiger partial charge in [-0.05, 0) is 73.2 Å². The van der Waals surface area contributed by atoms with Crippen LogP contribution in [-0.2, 0) is 11.3 Å². The zero-order valence-electron chi connectivity index (χ0n) is 26.8. The number of aromatic nitrogens is 4. The van der Waals surface area contributed by atoms with E-state index in [1.807, 2.05) is 17.6 Å². The van der Waals surface area contributed by atoms with Crippen LogP contribution in [0.1, 0.15) is 28.8 Å². The summed E-state index contributed by atoms with van der Waals surface area (Å²) in [6.45, 7) is 3.76. The Labute approximate surface area is 276 Å². The van der Waals surface area contributed by atoms with Gasteiger partial charge in [0.2, 0.25) is 5.43 Å². The maximum absolute atomic E-state index is 15.7. The quantitative estimate of drug-likeness (QED) is 0.204. The summed E-state index contributed by atoms with van der Waals surface area (Å²) >= 11 is 0. The van der Waals surface area contributed by atoms with Gasteiger partial charge in [-0.1, -0.05) is 6.07 Å². The van der Waals surface area contributed by atoms with E-state index in [1.165, 1.54) is 18.3 Å². The lowest BCUT2D eigenvalue weighted by Gasteiger charge is -2.23. The Balaban J connectivity index is 1.29. The number of benzene rings is 2. The molecule has 0 aliphatic carbocycles. The van der Waals surface area contributed by atoms with E-state index in [0.29, 0.717) is 48.3 Å². The van der Waals surface area contributed by atoms with Gasteiger partial charge in [0.05, 0.1) is 19.8 Å². The second-order valence-electron chi connectivity index (χ2n) is 11.6. The summed E-state index contributed by atoms with van der Waals surface area (Å²) in [6, 6.07) is 11.4. The molecule has 1 saturated heterocycles. The standard InChI is InChI=1S/C36H35FN6O5/c1-21-15-40-35(41-16-21)28-19-43(18-22-8-10-48-11-9-22)20-29(33(28)44)36(45)42-25-5-6-26(30(37)14-25)27-12-24(17-39-34(27)38)23-4-7-31(46-2)32(13-23)47-3/h4-7,12-17,19-20,22H,8-11,18H2,1-3H3,(H2,38,39)(H,42,45). The third-order valence-electron chi connectivity index (χ3n) is 8.31. The van der Waals surface area contributed by atoms with Gasteiger partial charge in [0.25, 0.3) is 5.91 Å². The lowest BCUT2D eigenvalue weighted by molar-refractivity contribution is 0.0612. The second-order valence-corrected chi connectivity index (χ2v) is 11.6. The Bertz CT molecular complexity index is 2030. The molecule has 1 aliphatic rings. The Kier molecular flexibility index (Phi) is 9.44. The molecule has 1 aliphatic heterocycles. The van der Waals surface area contributed by atoms with Crippen LogP contribution in [0.2, 0.25) is 0 Å². The van der Waals surface area contributed by atoms with E-state index in [-0.39, 0.29) is 34.0 Å². The van der Waals surface area contributed by atoms with Crippen molar-refractivity contribution in [3.05, 3.63) is 101 Å². The van der Waals surface area contributed by atoms with E-state index in [1.54, 1.807) is 63.3 Å². The number of pyridine rings is 2. The SMILES string of the molecule is COc1ccc(-c2cnc(N)c(-c3ccc(NC(=O)c4cn(CC5CCOCC5)cc(-c5ncc(C)cn5)c4=O)cc3F)c2)cc1OC. The van der Waals surface area contributed by atoms with Gasteiger partial charge < -0.3 is 29.8 Å². The highest BCUT2D eigenvalue weighted by atomic mass is 19.1. The Morgan fingerprint density at radius 2 is 1.69 bits per heavy atom. The topological polar surface area (TPSA) is 143 Å². The number of halogens is 1. The van der Waals surface area contributed by atoms with Crippen molar-refractivity contribution in [1.29, 1.82) is 0 Å². The van der Waals surface area contributed by atoms with E-state index in [0.717, 1.165) is 24.0 Å². The van der Waals surface area contributed by atoms with E-state index >= 15 is 4.39 Å². The van der Waals surface area contributed by atoms with Crippen LogP contribution in [0.15, 0.2) is 78.2 Å². The molecule has 246 valence electrons. The van der Waals surface area contributed by atoms with Crippen molar-refractivity contribution in [3.8, 4) is 45.1 Å². The molecule has 11 nitrogen and oxygen atoms in total. The van der Waals surface area contributed by atoms with Crippen molar-refractivity contribution in [3.63, 3.8) is 0 Å². The maximum Gasteiger partial charge on any atom is 0.261 e. The van der Waals surface area contributed by atoms with Gasteiger partial charge in [-0.15, -0.1) is 0 Å². The molecule has 4 heterocycles. The molecule has 0 unspecified atom stereocenters. The molecule has 48 heavy (non-hydrogen) atoms. The summed E-state index contributed by atoms with van der Waals surface area (Å²) in [5, 5.41) is 2.69. The third kappa shape index (κ3) is 6.88. The van der Waals surface area contributed by atoms with Crippen LogP contribution >= 0.6 is 0 Å².